The van der Waals surface area contributed by atoms with Crippen LogP contribution in [0.1, 0.15) is 44.7 Å². The molecule has 1 heterocycles. The van der Waals surface area contributed by atoms with Crippen molar-refractivity contribution < 1.29 is 14.8 Å². The van der Waals surface area contributed by atoms with Crippen molar-refractivity contribution >= 4 is 17.5 Å². The average molecular weight is 298 g/mol. The van der Waals surface area contributed by atoms with Crippen LogP contribution in [0.3, 0.4) is 0 Å². The Kier molecular flexibility index (Phi) is 6.64. The Morgan fingerprint density at radius 2 is 2.05 bits per heavy atom. The van der Waals surface area contributed by atoms with Gasteiger partial charge in [-0.2, -0.15) is 5.10 Å². The normalized spacial score (nSPS) is 10.6. The van der Waals surface area contributed by atoms with E-state index >= 15 is 0 Å². The number of anilines is 1. The van der Waals surface area contributed by atoms with E-state index < -0.39 is 10.9 Å². The number of carbonyl (C=O) groups is 1. The fraction of sp³-hybridized carbons (Fsp3) is 0.692. The molecule has 0 saturated carbocycles. The van der Waals surface area contributed by atoms with Crippen LogP contribution in [-0.2, 0) is 18.3 Å². The van der Waals surface area contributed by atoms with Crippen LogP contribution in [0.15, 0.2) is 0 Å². The largest absolute Gasteiger partial charge is 0.481 e. The lowest BCUT2D eigenvalue weighted by molar-refractivity contribution is -0.384. The minimum Gasteiger partial charge on any atom is -0.481 e. The predicted molar refractivity (Wildman–Crippen MR) is 78.5 cm³/mol. The topological polar surface area (TPSA) is 110 Å². The minimum atomic E-state index is -0.772. The second-order valence-corrected chi connectivity index (χ2v) is 4.86. The van der Waals surface area contributed by atoms with Gasteiger partial charge in [0.15, 0.2) is 0 Å². The number of aromatic nitrogens is 2. The number of hydrogen-bond donors (Lipinski definition) is 2. The van der Waals surface area contributed by atoms with Gasteiger partial charge in [-0.25, -0.2) is 4.68 Å². The molecule has 0 aliphatic heterocycles. The zero-order valence-corrected chi connectivity index (χ0v) is 12.5. The van der Waals surface area contributed by atoms with Crippen molar-refractivity contribution in [2.75, 3.05) is 11.9 Å². The highest BCUT2D eigenvalue weighted by molar-refractivity contribution is 5.66. The van der Waals surface area contributed by atoms with Crippen LogP contribution in [-0.4, -0.2) is 32.3 Å². The molecule has 21 heavy (non-hydrogen) atoms. The third-order valence-corrected chi connectivity index (χ3v) is 3.22. The maximum absolute atomic E-state index is 11.1. The Balaban J connectivity index is 2.43. The van der Waals surface area contributed by atoms with E-state index in [1.807, 2.05) is 6.92 Å². The highest BCUT2D eigenvalue weighted by Crippen LogP contribution is 2.28. The van der Waals surface area contributed by atoms with Crippen LogP contribution < -0.4 is 5.32 Å². The first kappa shape index (κ1) is 16.9. The standard InChI is InChI=1S/C13H22N4O4/c1-3-10-12(17(20)21)13(16(2)15-10)14-9-7-5-4-6-8-11(18)19/h14H,3-9H2,1-2H3,(H,18,19). The van der Waals surface area contributed by atoms with Crippen LogP contribution in [0.25, 0.3) is 0 Å². The Morgan fingerprint density at radius 1 is 1.38 bits per heavy atom. The molecule has 0 aromatic carbocycles. The molecular weight excluding hydrogens is 276 g/mol. The van der Waals surface area contributed by atoms with Crippen LogP contribution in [0.5, 0.6) is 0 Å². The van der Waals surface area contributed by atoms with Gasteiger partial charge in [-0.3, -0.25) is 14.9 Å². The molecule has 2 N–H and O–H groups in total. The van der Waals surface area contributed by atoms with Crippen LogP contribution in [0.2, 0.25) is 0 Å². The summed E-state index contributed by atoms with van der Waals surface area (Å²) in [7, 11) is 1.68. The van der Waals surface area contributed by atoms with Crippen LogP contribution in [0.4, 0.5) is 11.5 Å². The second kappa shape index (κ2) is 8.23. The quantitative estimate of drug-likeness (QED) is 0.389. The van der Waals surface area contributed by atoms with E-state index in [-0.39, 0.29) is 12.1 Å². The molecule has 0 unspecified atom stereocenters. The molecule has 0 amide bonds. The van der Waals surface area contributed by atoms with Gasteiger partial charge in [0.05, 0.1) is 4.92 Å². The molecule has 0 aliphatic rings. The summed E-state index contributed by atoms with van der Waals surface area (Å²) in [6, 6.07) is 0. The molecule has 118 valence electrons. The lowest BCUT2D eigenvalue weighted by Gasteiger charge is -2.05. The second-order valence-electron chi connectivity index (χ2n) is 4.86. The molecule has 8 nitrogen and oxygen atoms in total. The highest BCUT2D eigenvalue weighted by atomic mass is 16.6. The number of nitrogens with one attached hydrogen (secondary N) is 1. The SMILES string of the molecule is CCc1nn(C)c(NCCCCCCC(=O)O)c1[N+](=O)[O-]. The fourth-order valence-electron chi connectivity index (χ4n) is 2.16. The summed E-state index contributed by atoms with van der Waals surface area (Å²) in [5, 5.41) is 26.8. The first-order valence-corrected chi connectivity index (χ1v) is 7.13. The highest BCUT2D eigenvalue weighted by Gasteiger charge is 2.24. The first-order chi connectivity index (χ1) is 9.97. The third-order valence-electron chi connectivity index (χ3n) is 3.22. The van der Waals surface area contributed by atoms with Gasteiger partial charge in [0.2, 0.25) is 5.82 Å². The van der Waals surface area contributed by atoms with Crippen LogP contribution in [0, 0.1) is 10.1 Å². The number of nitrogens with zero attached hydrogens (tertiary/aromatic N) is 3. The third kappa shape index (κ3) is 5.05. The first-order valence-electron chi connectivity index (χ1n) is 7.13. The van der Waals surface area contributed by atoms with E-state index in [1.165, 1.54) is 4.68 Å². The molecule has 0 saturated heterocycles. The fourth-order valence-corrected chi connectivity index (χ4v) is 2.16. The summed E-state index contributed by atoms with van der Waals surface area (Å²) in [6.07, 6.45) is 3.96. The Bertz CT molecular complexity index is 499. The number of nitro groups is 1. The molecule has 0 atom stereocenters. The summed E-state index contributed by atoms with van der Waals surface area (Å²) in [5.74, 6) is -0.340. The number of carboxylic acids is 1. The Labute approximate surface area is 123 Å². The molecule has 8 heteroatoms. The van der Waals surface area contributed by atoms with Gasteiger partial charge in [-0.15, -0.1) is 0 Å². The monoisotopic (exact) mass is 298 g/mol. The summed E-state index contributed by atoms with van der Waals surface area (Å²) in [5.41, 5.74) is 0.525. The summed E-state index contributed by atoms with van der Waals surface area (Å²) in [6.45, 7) is 2.44. The maximum atomic E-state index is 11.1. The van der Waals surface area contributed by atoms with Gasteiger partial charge < -0.3 is 10.4 Å². The van der Waals surface area contributed by atoms with E-state index in [0.717, 1.165) is 19.3 Å². The zero-order chi connectivity index (χ0) is 15.8. The lowest BCUT2D eigenvalue weighted by Crippen LogP contribution is -2.08. The van der Waals surface area contributed by atoms with E-state index in [0.29, 0.717) is 30.9 Å². The van der Waals surface area contributed by atoms with Gasteiger partial charge in [-0.1, -0.05) is 19.8 Å². The number of aliphatic carboxylic acids is 1. The van der Waals surface area contributed by atoms with Crippen molar-refractivity contribution in [1.82, 2.24) is 9.78 Å². The van der Waals surface area contributed by atoms with Gasteiger partial charge in [0, 0.05) is 20.0 Å². The summed E-state index contributed by atoms with van der Waals surface area (Å²) < 4.78 is 1.50. The van der Waals surface area contributed by atoms with E-state index in [9.17, 15) is 14.9 Å². The Hall–Kier alpha value is -2.12. The van der Waals surface area contributed by atoms with E-state index in [4.69, 9.17) is 5.11 Å². The minimum absolute atomic E-state index is 0.0471. The molecule has 0 bridgehead atoms. The molecule has 1 aromatic rings. The predicted octanol–water partition coefficient (Wildman–Crippen LogP) is 2.34. The lowest BCUT2D eigenvalue weighted by atomic mass is 10.1. The smallest absolute Gasteiger partial charge is 0.333 e. The van der Waals surface area contributed by atoms with Crippen LogP contribution >= 0.6 is 0 Å². The molecular formula is C13H22N4O4. The number of carboxylic acid groups (broad SMARTS) is 1. The van der Waals surface area contributed by atoms with Crippen molar-refractivity contribution in [2.24, 2.45) is 7.05 Å². The molecule has 0 spiro atoms. The molecule has 1 aromatic heterocycles. The molecule has 0 aliphatic carbocycles. The molecule has 0 fully saturated rings. The van der Waals surface area contributed by atoms with Gasteiger partial charge in [-0.05, 0) is 19.3 Å². The van der Waals surface area contributed by atoms with E-state index in [1.54, 1.807) is 7.05 Å². The number of hydrogen-bond acceptors (Lipinski definition) is 5. The number of rotatable bonds is 10. The van der Waals surface area contributed by atoms with Gasteiger partial charge >= 0.3 is 11.7 Å². The van der Waals surface area contributed by atoms with Crippen molar-refractivity contribution in [3.63, 3.8) is 0 Å². The Morgan fingerprint density at radius 3 is 2.62 bits per heavy atom. The molecule has 1 rings (SSSR count). The van der Waals surface area contributed by atoms with Crippen molar-refractivity contribution in [3.05, 3.63) is 15.8 Å². The summed E-state index contributed by atoms with van der Waals surface area (Å²) in [4.78, 5) is 21.1. The van der Waals surface area contributed by atoms with Crippen molar-refractivity contribution in [1.29, 1.82) is 0 Å². The van der Waals surface area contributed by atoms with E-state index in [2.05, 4.69) is 10.4 Å². The number of aryl methyl sites for hydroxylation is 2. The number of unbranched alkanes of at least 4 members (excludes halogenated alkanes) is 3. The van der Waals surface area contributed by atoms with Gasteiger partial charge in [0.1, 0.15) is 5.69 Å². The molecule has 0 radical (unpaired) electrons. The van der Waals surface area contributed by atoms with Crippen molar-refractivity contribution in [3.8, 4) is 0 Å². The van der Waals surface area contributed by atoms with Crippen molar-refractivity contribution in [2.45, 2.75) is 45.4 Å². The summed E-state index contributed by atoms with van der Waals surface area (Å²) >= 11 is 0. The maximum Gasteiger partial charge on any atom is 0.333 e. The zero-order valence-electron chi connectivity index (χ0n) is 12.5. The average Bonchev–Trinajstić information content (AvgIpc) is 2.74. The van der Waals surface area contributed by atoms with Gasteiger partial charge in [0.25, 0.3) is 0 Å².